The molecule has 150 valence electrons. The van der Waals surface area contributed by atoms with Crippen molar-refractivity contribution in [2.45, 2.75) is 52.8 Å². The Bertz CT molecular complexity index is 723. The highest BCUT2D eigenvalue weighted by Gasteiger charge is 2.14. The van der Waals surface area contributed by atoms with E-state index in [1.54, 1.807) is 13.4 Å². The number of aliphatic imine (C=N–C) groups is 1. The Kier molecular flexibility index (Phi) is 9.54. The van der Waals surface area contributed by atoms with Crippen LogP contribution in [0, 0.1) is 0 Å². The van der Waals surface area contributed by atoms with Crippen molar-refractivity contribution in [1.29, 1.82) is 0 Å². The van der Waals surface area contributed by atoms with Crippen molar-refractivity contribution in [2.24, 2.45) is 4.99 Å². The molecule has 27 heavy (non-hydrogen) atoms. The number of ether oxygens (including phenoxy) is 1. The molecule has 0 radical (unpaired) electrons. The van der Waals surface area contributed by atoms with Gasteiger partial charge in [0.15, 0.2) is 5.96 Å². The van der Waals surface area contributed by atoms with E-state index in [0.717, 1.165) is 42.6 Å². The van der Waals surface area contributed by atoms with Crippen molar-refractivity contribution < 1.29 is 4.74 Å². The van der Waals surface area contributed by atoms with Crippen LogP contribution in [0.1, 0.15) is 39.1 Å². The van der Waals surface area contributed by atoms with Gasteiger partial charge in [-0.15, -0.1) is 34.2 Å². The van der Waals surface area contributed by atoms with Gasteiger partial charge in [-0.1, -0.05) is 25.1 Å². The lowest BCUT2D eigenvalue weighted by atomic mass is 10.1. The molecule has 1 aromatic carbocycles. The number of guanidine groups is 1. The largest absolute Gasteiger partial charge is 0.488 e. The topological polar surface area (TPSA) is 76.4 Å². The number of aromatic nitrogens is 3. The number of hydrogen-bond donors (Lipinski definition) is 2. The maximum Gasteiger partial charge on any atom is 0.191 e. The molecule has 7 nitrogen and oxygen atoms in total. The summed E-state index contributed by atoms with van der Waals surface area (Å²) in [6, 6.07) is 8.06. The molecule has 0 spiro atoms. The molecule has 0 bridgehead atoms. The molecule has 0 saturated heterocycles. The summed E-state index contributed by atoms with van der Waals surface area (Å²) in [7, 11) is 1.77. The summed E-state index contributed by atoms with van der Waals surface area (Å²) in [6.45, 7) is 10.4. The first-order chi connectivity index (χ1) is 12.4. The molecule has 0 aliphatic carbocycles. The van der Waals surface area contributed by atoms with Crippen molar-refractivity contribution >= 4 is 29.9 Å². The average molecular weight is 486 g/mol. The molecule has 0 fully saturated rings. The summed E-state index contributed by atoms with van der Waals surface area (Å²) >= 11 is 0. The maximum absolute atomic E-state index is 6.04. The number of halogens is 1. The average Bonchev–Trinajstić information content (AvgIpc) is 3.05. The van der Waals surface area contributed by atoms with E-state index in [-0.39, 0.29) is 29.6 Å². The Morgan fingerprint density at radius 3 is 2.63 bits per heavy atom. The molecule has 2 rings (SSSR count). The van der Waals surface area contributed by atoms with Gasteiger partial charge >= 0.3 is 0 Å². The summed E-state index contributed by atoms with van der Waals surface area (Å²) in [5.41, 5.74) is 0.865. The van der Waals surface area contributed by atoms with Crippen LogP contribution in [0.25, 0.3) is 0 Å². The van der Waals surface area contributed by atoms with Gasteiger partial charge in [-0.3, -0.25) is 4.99 Å². The van der Waals surface area contributed by atoms with E-state index in [1.807, 2.05) is 43.5 Å². The zero-order valence-corrected chi connectivity index (χ0v) is 19.2. The highest BCUT2D eigenvalue weighted by atomic mass is 127. The summed E-state index contributed by atoms with van der Waals surface area (Å²) < 4.78 is 8.09. The number of rotatable bonds is 7. The number of benzene rings is 1. The maximum atomic E-state index is 6.04. The van der Waals surface area contributed by atoms with Gasteiger partial charge < -0.3 is 19.9 Å². The summed E-state index contributed by atoms with van der Waals surface area (Å²) in [5.74, 6) is 2.63. The fourth-order valence-corrected chi connectivity index (χ4v) is 2.51. The number of nitrogens with one attached hydrogen (secondary N) is 2. The van der Waals surface area contributed by atoms with E-state index in [2.05, 4.69) is 38.8 Å². The van der Waals surface area contributed by atoms with E-state index in [0.29, 0.717) is 6.54 Å². The normalized spacial score (nSPS) is 11.7. The van der Waals surface area contributed by atoms with Crippen LogP contribution in [-0.4, -0.2) is 39.9 Å². The first-order valence-corrected chi connectivity index (χ1v) is 9.01. The van der Waals surface area contributed by atoms with Crippen molar-refractivity contribution in [1.82, 2.24) is 25.4 Å². The van der Waals surface area contributed by atoms with Gasteiger partial charge in [0.2, 0.25) is 0 Å². The van der Waals surface area contributed by atoms with Crippen molar-refractivity contribution in [3.05, 3.63) is 42.0 Å². The Labute approximate surface area is 179 Å². The SMILES string of the molecule is CCc1nncn1CCNC(=NC)NCc1ccccc1OC(C)(C)C.I. The standard InChI is InChI=1S/C19H30N6O.HI/c1-6-17-24-23-14-25(17)12-11-21-18(20-5)22-13-15-9-7-8-10-16(15)26-19(2,3)4;/h7-10,14H,6,11-13H2,1-5H3,(H2,20,21,22);1H. The van der Waals surface area contributed by atoms with Crippen LogP contribution in [0.3, 0.4) is 0 Å². The molecule has 1 aromatic heterocycles. The Hall–Kier alpha value is -1.84. The first-order valence-electron chi connectivity index (χ1n) is 9.01. The van der Waals surface area contributed by atoms with Gasteiger partial charge in [-0.2, -0.15) is 0 Å². The second-order valence-electron chi connectivity index (χ2n) is 6.97. The van der Waals surface area contributed by atoms with Gasteiger partial charge in [-0.05, 0) is 26.8 Å². The van der Waals surface area contributed by atoms with Gasteiger partial charge in [-0.25, -0.2) is 0 Å². The number of hydrogen-bond acceptors (Lipinski definition) is 4. The second kappa shape index (κ2) is 11.1. The van der Waals surface area contributed by atoms with Crippen LogP contribution in [0.5, 0.6) is 5.75 Å². The number of nitrogens with zero attached hydrogens (tertiary/aromatic N) is 4. The Morgan fingerprint density at radius 1 is 1.22 bits per heavy atom. The van der Waals surface area contributed by atoms with Crippen LogP contribution >= 0.6 is 24.0 Å². The molecule has 8 heteroatoms. The van der Waals surface area contributed by atoms with Crippen LogP contribution in [0.4, 0.5) is 0 Å². The molecular formula is C19H31IN6O. The third-order valence-corrected chi connectivity index (χ3v) is 3.72. The van der Waals surface area contributed by atoms with E-state index in [1.165, 1.54) is 0 Å². The Balaban J connectivity index is 0.00000364. The Morgan fingerprint density at radius 2 is 1.96 bits per heavy atom. The van der Waals surface area contributed by atoms with Crippen molar-refractivity contribution in [3.63, 3.8) is 0 Å². The van der Waals surface area contributed by atoms with Crippen LogP contribution < -0.4 is 15.4 Å². The molecule has 0 aliphatic rings. The van der Waals surface area contributed by atoms with E-state index in [4.69, 9.17) is 4.74 Å². The van der Waals surface area contributed by atoms with E-state index >= 15 is 0 Å². The van der Waals surface area contributed by atoms with Crippen LogP contribution in [-0.2, 0) is 19.5 Å². The molecule has 0 unspecified atom stereocenters. The fraction of sp³-hybridized carbons (Fsp3) is 0.526. The fourth-order valence-electron chi connectivity index (χ4n) is 2.51. The van der Waals surface area contributed by atoms with Gasteiger partial charge in [0.1, 0.15) is 23.5 Å². The van der Waals surface area contributed by atoms with Crippen molar-refractivity contribution in [3.8, 4) is 5.75 Å². The number of aryl methyl sites for hydroxylation is 1. The van der Waals surface area contributed by atoms with E-state index < -0.39 is 0 Å². The lowest BCUT2D eigenvalue weighted by Gasteiger charge is -2.23. The monoisotopic (exact) mass is 486 g/mol. The highest BCUT2D eigenvalue weighted by Crippen LogP contribution is 2.22. The summed E-state index contributed by atoms with van der Waals surface area (Å²) in [5, 5.41) is 14.7. The minimum atomic E-state index is -0.230. The lowest BCUT2D eigenvalue weighted by molar-refractivity contribution is 0.129. The molecule has 1 heterocycles. The van der Waals surface area contributed by atoms with E-state index in [9.17, 15) is 0 Å². The third-order valence-electron chi connectivity index (χ3n) is 3.72. The zero-order valence-electron chi connectivity index (χ0n) is 16.8. The molecule has 0 aliphatic heterocycles. The molecular weight excluding hydrogens is 455 g/mol. The molecule has 0 amide bonds. The lowest BCUT2D eigenvalue weighted by Crippen LogP contribution is -2.38. The van der Waals surface area contributed by atoms with Crippen LogP contribution in [0.2, 0.25) is 0 Å². The summed E-state index contributed by atoms with van der Waals surface area (Å²) in [6.07, 6.45) is 2.63. The molecule has 2 N–H and O–H groups in total. The van der Waals surface area contributed by atoms with Crippen LogP contribution in [0.15, 0.2) is 35.6 Å². The molecule has 0 saturated carbocycles. The molecule has 0 atom stereocenters. The van der Waals surface area contributed by atoms with Gasteiger partial charge in [0.05, 0.1) is 0 Å². The minimum Gasteiger partial charge on any atom is -0.488 e. The predicted octanol–water partition coefficient (Wildman–Crippen LogP) is 3.00. The quantitative estimate of drug-likeness (QED) is 0.358. The zero-order chi connectivity index (χ0) is 19.0. The first kappa shape index (κ1) is 23.2. The highest BCUT2D eigenvalue weighted by molar-refractivity contribution is 14.0. The van der Waals surface area contributed by atoms with Gasteiger partial charge in [0, 0.05) is 38.7 Å². The summed E-state index contributed by atoms with van der Waals surface area (Å²) in [4.78, 5) is 4.28. The van der Waals surface area contributed by atoms with Crippen molar-refractivity contribution in [2.75, 3.05) is 13.6 Å². The number of para-hydroxylation sites is 1. The third kappa shape index (κ3) is 7.74. The minimum absolute atomic E-state index is 0. The predicted molar refractivity (Wildman–Crippen MR) is 120 cm³/mol. The molecule has 2 aromatic rings. The second-order valence-corrected chi connectivity index (χ2v) is 6.97. The smallest absolute Gasteiger partial charge is 0.191 e. The van der Waals surface area contributed by atoms with Gasteiger partial charge in [0.25, 0.3) is 0 Å².